The molecule has 5 atom stereocenters. The summed E-state index contributed by atoms with van der Waals surface area (Å²) in [5.41, 5.74) is 1.32. The minimum Gasteiger partial charge on any atom is -0.394 e. The average molecular weight is 376 g/mol. The molecule has 0 aliphatic carbocycles. The summed E-state index contributed by atoms with van der Waals surface area (Å²) in [6.07, 6.45) is -2.99. The first-order valence-electron chi connectivity index (χ1n) is 8.62. The topological polar surface area (TPSA) is 68.2 Å². The van der Waals surface area contributed by atoms with Crippen molar-refractivity contribution in [2.75, 3.05) is 6.61 Å². The van der Waals surface area contributed by atoms with Crippen molar-refractivity contribution in [2.45, 2.75) is 43.1 Å². The molecule has 0 spiro atoms. The van der Waals surface area contributed by atoms with Crippen LogP contribution in [0.2, 0.25) is 0 Å². The molecule has 1 aliphatic rings. The summed E-state index contributed by atoms with van der Waals surface area (Å²) in [4.78, 5) is 0. The van der Waals surface area contributed by atoms with Crippen LogP contribution in [-0.4, -0.2) is 46.7 Å². The van der Waals surface area contributed by atoms with E-state index < -0.39 is 29.9 Å². The first kappa shape index (κ1) is 19.4. The molecule has 6 heteroatoms. The van der Waals surface area contributed by atoms with E-state index in [0.717, 1.165) is 11.1 Å². The maximum absolute atomic E-state index is 10.8. The maximum Gasteiger partial charge on any atom is 0.129 e. The highest BCUT2D eigenvalue weighted by Gasteiger charge is 2.45. The van der Waals surface area contributed by atoms with Crippen LogP contribution >= 0.6 is 12.6 Å². The van der Waals surface area contributed by atoms with E-state index in [2.05, 4.69) is 12.6 Å². The highest BCUT2D eigenvalue weighted by Crippen LogP contribution is 2.28. The minimum atomic E-state index is -0.962. The fraction of sp³-hybridized carbons (Fsp3) is 0.400. The molecule has 3 rings (SSSR count). The molecule has 2 N–H and O–H groups in total. The summed E-state index contributed by atoms with van der Waals surface area (Å²) in [7, 11) is 0. The lowest BCUT2D eigenvalue weighted by Crippen LogP contribution is -2.58. The van der Waals surface area contributed by atoms with Crippen molar-refractivity contribution < 1.29 is 24.4 Å². The number of aliphatic hydroxyl groups is 2. The third kappa shape index (κ3) is 4.85. The van der Waals surface area contributed by atoms with E-state index in [1.807, 2.05) is 60.7 Å². The van der Waals surface area contributed by atoms with Gasteiger partial charge in [-0.1, -0.05) is 60.7 Å². The Kier molecular flexibility index (Phi) is 7.07. The molecule has 0 radical (unpaired) electrons. The zero-order valence-electron chi connectivity index (χ0n) is 14.3. The fourth-order valence-corrected chi connectivity index (χ4v) is 3.40. The van der Waals surface area contributed by atoms with Gasteiger partial charge in [0.25, 0.3) is 0 Å². The number of aliphatic hydroxyl groups excluding tert-OH is 2. The lowest BCUT2D eigenvalue weighted by atomic mass is 9.99. The third-order valence-electron chi connectivity index (χ3n) is 4.39. The first-order chi connectivity index (χ1) is 12.7. The lowest BCUT2D eigenvalue weighted by Gasteiger charge is -2.42. The van der Waals surface area contributed by atoms with Crippen LogP contribution in [0.15, 0.2) is 60.7 Å². The molecule has 2 aromatic carbocycles. The van der Waals surface area contributed by atoms with Crippen LogP contribution in [0.25, 0.3) is 0 Å². The molecule has 0 unspecified atom stereocenters. The number of thiol groups is 1. The standard InChI is InChI=1S/C20H24O5S/c21-11-16-18(23-12-14-7-3-1-4-8-14)17(22)19(20(26)25-16)24-13-15-9-5-2-6-10-15/h1-10,16-22,26H,11-13H2/t16-,17+,18-,19-,20-/m1/s1. The van der Waals surface area contributed by atoms with Crippen molar-refractivity contribution in [2.24, 2.45) is 0 Å². The van der Waals surface area contributed by atoms with Gasteiger partial charge in [0.05, 0.1) is 19.8 Å². The van der Waals surface area contributed by atoms with Gasteiger partial charge in [0.15, 0.2) is 0 Å². The molecule has 5 nitrogen and oxygen atoms in total. The van der Waals surface area contributed by atoms with Gasteiger partial charge in [-0.2, -0.15) is 0 Å². The molecular formula is C20H24O5S. The lowest BCUT2D eigenvalue weighted by molar-refractivity contribution is -0.236. The molecule has 1 heterocycles. The zero-order chi connectivity index (χ0) is 18.4. The molecule has 0 saturated carbocycles. The van der Waals surface area contributed by atoms with E-state index in [1.54, 1.807) is 0 Å². The second-order valence-electron chi connectivity index (χ2n) is 6.26. The average Bonchev–Trinajstić information content (AvgIpc) is 2.68. The molecule has 1 aliphatic heterocycles. The summed E-state index contributed by atoms with van der Waals surface area (Å²) >= 11 is 4.38. The Bertz CT molecular complexity index is 654. The van der Waals surface area contributed by atoms with Gasteiger partial charge in [-0.3, -0.25) is 0 Å². The summed E-state index contributed by atoms with van der Waals surface area (Å²) in [5, 5.41) is 20.4. The number of benzene rings is 2. The van der Waals surface area contributed by atoms with Crippen molar-refractivity contribution in [3.63, 3.8) is 0 Å². The molecular weight excluding hydrogens is 352 g/mol. The Morgan fingerprint density at radius 1 is 0.846 bits per heavy atom. The van der Waals surface area contributed by atoms with E-state index >= 15 is 0 Å². The van der Waals surface area contributed by atoms with Gasteiger partial charge < -0.3 is 24.4 Å². The van der Waals surface area contributed by atoms with Gasteiger partial charge >= 0.3 is 0 Å². The predicted octanol–water partition coefficient (Wildman–Crippen LogP) is 2.17. The van der Waals surface area contributed by atoms with E-state index in [-0.39, 0.29) is 6.61 Å². The molecule has 26 heavy (non-hydrogen) atoms. The van der Waals surface area contributed by atoms with E-state index in [0.29, 0.717) is 13.2 Å². The molecule has 140 valence electrons. The molecule has 1 fully saturated rings. The summed E-state index contributed by atoms with van der Waals surface area (Å²) in [6, 6.07) is 19.3. The number of hydrogen-bond donors (Lipinski definition) is 3. The van der Waals surface area contributed by atoms with Crippen LogP contribution in [0, 0.1) is 0 Å². The van der Waals surface area contributed by atoms with Crippen LogP contribution in [0.1, 0.15) is 11.1 Å². The van der Waals surface area contributed by atoms with E-state index in [9.17, 15) is 10.2 Å². The molecule has 0 bridgehead atoms. The fourth-order valence-electron chi connectivity index (χ4n) is 2.98. The van der Waals surface area contributed by atoms with Gasteiger partial charge in [-0.05, 0) is 11.1 Å². The normalized spacial score (nSPS) is 28.8. The number of ether oxygens (including phenoxy) is 3. The van der Waals surface area contributed by atoms with Crippen LogP contribution in [0.3, 0.4) is 0 Å². The maximum atomic E-state index is 10.8. The molecule has 0 amide bonds. The predicted molar refractivity (Wildman–Crippen MR) is 101 cm³/mol. The SMILES string of the molecule is OC[C@H]1O[C@H](S)[C@H](OCc2ccccc2)[C@@H](O)[C@@H]1OCc1ccccc1. The Balaban J connectivity index is 1.64. The zero-order valence-corrected chi connectivity index (χ0v) is 15.2. The van der Waals surface area contributed by atoms with Crippen molar-refractivity contribution in [3.05, 3.63) is 71.8 Å². The highest BCUT2D eigenvalue weighted by molar-refractivity contribution is 7.80. The van der Waals surface area contributed by atoms with Gasteiger partial charge in [0.1, 0.15) is 29.9 Å². The first-order valence-corrected chi connectivity index (χ1v) is 9.14. The van der Waals surface area contributed by atoms with Crippen LogP contribution in [0.5, 0.6) is 0 Å². The minimum absolute atomic E-state index is 0.265. The molecule has 1 saturated heterocycles. The van der Waals surface area contributed by atoms with E-state index in [4.69, 9.17) is 14.2 Å². The Labute approximate surface area is 158 Å². The smallest absolute Gasteiger partial charge is 0.129 e. The highest BCUT2D eigenvalue weighted by atomic mass is 32.1. The van der Waals surface area contributed by atoms with Gasteiger partial charge in [-0.15, -0.1) is 12.6 Å². The molecule has 0 aromatic heterocycles. The Morgan fingerprint density at radius 3 is 1.85 bits per heavy atom. The van der Waals surface area contributed by atoms with Crippen LogP contribution in [0.4, 0.5) is 0 Å². The summed E-state index contributed by atoms with van der Waals surface area (Å²) < 4.78 is 17.4. The van der Waals surface area contributed by atoms with Crippen molar-refractivity contribution >= 4 is 12.6 Å². The number of rotatable bonds is 7. The largest absolute Gasteiger partial charge is 0.394 e. The van der Waals surface area contributed by atoms with Crippen molar-refractivity contribution in [1.29, 1.82) is 0 Å². The summed E-state index contributed by atoms with van der Waals surface area (Å²) in [5.74, 6) is 0. The second-order valence-corrected chi connectivity index (χ2v) is 6.77. The molecule has 2 aromatic rings. The second kappa shape index (κ2) is 9.50. The monoisotopic (exact) mass is 376 g/mol. The van der Waals surface area contributed by atoms with Crippen LogP contribution < -0.4 is 0 Å². The van der Waals surface area contributed by atoms with Crippen LogP contribution in [-0.2, 0) is 27.4 Å². The Hall–Kier alpha value is -1.41. The Morgan fingerprint density at radius 2 is 1.35 bits per heavy atom. The van der Waals surface area contributed by atoms with Gasteiger partial charge in [-0.25, -0.2) is 0 Å². The van der Waals surface area contributed by atoms with Gasteiger partial charge in [0, 0.05) is 0 Å². The van der Waals surface area contributed by atoms with E-state index in [1.165, 1.54) is 0 Å². The summed E-state index contributed by atoms with van der Waals surface area (Å²) in [6.45, 7) is 0.377. The quantitative estimate of drug-likeness (QED) is 0.646. The van der Waals surface area contributed by atoms with Crippen molar-refractivity contribution in [1.82, 2.24) is 0 Å². The van der Waals surface area contributed by atoms with Gasteiger partial charge in [0.2, 0.25) is 0 Å². The number of hydrogen-bond acceptors (Lipinski definition) is 6. The van der Waals surface area contributed by atoms with Crippen molar-refractivity contribution in [3.8, 4) is 0 Å². The third-order valence-corrected chi connectivity index (χ3v) is 4.80.